The molecule has 0 spiro atoms. The van der Waals surface area contributed by atoms with Crippen LogP contribution in [0.15, 0.2) is 10.9 Å². The van der Waals surface area contributed by atoms with E-state index in [1.807, 2.05) is 6.07 Å². The number of imidazole rings is 1. The number of hydrogen-bond donors (Lipinski definition) is 3. The highest BCUT2D eigenvalue weighted by molar-refractivity contribution is 5.87. The molecule has 0 unspecified atom stereocenters. The van der Waals surface area contributed by atoms with Crippen LogP contribution in [-0.4, -0.2) is 21.1 Å². The van der Waals surface area contributed by atoms with Crippen molar-refractivity contribution in [2.75, 3.05) is 17.6 Å². The fourth-order valence-corrected chi connectivity index (χ4v) is 2.98. The summed E-state index contributed by atoms with van der Waals surface area (Å²) in [5.74, 6) is 1.11. The molecule has 0 fully saturated rings. The molecule has 0 aromatic carbocycles. The van der Waals surface area contributed by atoms with Crippen LogP contribution in [0.25, 0.3) is 11.0 Å². The van der Waals surface area contributed by atoms with Crippen molar-refractivity contribution in [1.29, 1.82) is 0 Å². The zero-order valence-electron chi connectivity index (χ0n) is 16.1. The summed E-state index contributed by atoms with van der Waals surface area (Å²) in [4.78, 5) is 19.5. The maximum Gasteiger partial charge on any atom is 0.326 e. The van der Waals surface area contributed by atoms with E-state index in [9.17, 15) is 4.79 Å². The third-order valence-corrected chi connectivity index (χ3v) is 4.44. The number of aromatic nitrogens is 3. The topological polar surface area (TPSA) is 88.7 Å². The molecule has 0 aliphatic carbocycles. The SMILES string of the molecule is CCCCNc1cc2c([nH]c(=O)n2CCCCCC(C)(C)C)c(N)n1. The van der Waals surface area contributed by atoms with Crippen LogP contribution in [-0.2, 0) is 6.54 Å². The third kappa shape index (κ3) is 5.51. The summed E-state index contributed by atoms with van der Waals surface area (Å²) in [5.41, 5.74) is 7.78. The first-order valence-electron chi connectivity index (χ1n) is 9.45. The normalized spacial score (nSPS) is 12.0. The van der Waals surface area contributed by atoms with Crippen molar-refractivity contribution in [3.63, 3.8) is 0 Å². The van der Waals surface area contributed by atoms with Gasteiger partial charge in [0.05, 0.1) is 5.52 Å². The van der Waals surface area contributed by atoms with Crippen molar-refractivity contribution >= 4 is 22.7 Å². The van der Waals surface area contributed by atoms with Crippen molar-refractivity contribution in [3.8, 4) is 0 Å². The minimum absolute atomic E-state index is 0.106. The quantitative estimate of drug-likeness (QED) is 0.595. The zero-order chi connectivity index (χ0) is 18.4. The van der Waals surface area contributed by atoms with E-state index in [2.05, 4.69) is 43.0 Å². The molecule has 25 heavy (non-hydrogen) atoms. The van der Waals surface area contributed by atoms with Gasteiger partial charge in [-0.3, -0.25) is 4.57 Å². The Morgan fingerprint density at radius 3 is 2.68 bits per heavy atom. The van der Waals surface area contributed by atoms with Gasteiger partial charge in [0, 0.05) is 19.2 Å². The highest BCUT2D eigenvalue weighted by Crippen LogP contribution is 2.23. The van der Waals surface area contributed by atoms with E-state index in [4.69, 9.17) is 5.73 Å². The molecule has 0 atom stereocenters. The van der Waals surface area contributed by atoms with Gasteiger partial charge in [0.15, 0.2) is 5.82 Å². The number of aryl methyl sites for hydroxylation is 1. The number of aromatic amines is 1. The molecule has 2 rings (SSSR count). The molecular formula is C19H33N5O. The Bertz CT molecular complexity index is 739. The minimum Gasteiger partial charge on any atom is -0.382 e. The Morgan fingerprint density at radius 1 is 1.24 bits per heavy atom. The van der Waals surface area contributed by atoms with Crippen molar-refractivity contribution in [1.82, 2.24) is 14.5 Å². The average Bonchev–Trinajstić information content (AvgIpc) is 2.83. The van der Waals surface area contributed by atoms with Gasteiger partial charge < -0.3 is 16.0 Å². The predicted octanol–water partition coefficient (Wildman–Crippen LogP) is 4.13. The summed E-state index contributed by atoms with van der Waals surface area (Å²) in [6.07, 6.45) is 6.70. The van der Waals surface area contributed by atoms with Gasteiger partial charge in [-0.2, -0.15) is 0 Å². The highest BCUT2D eigenvalue weighted by atomic mass is 16.1. The van der Waals surface area contributed by atoms with Crippen LogP contribution in [0.3, 0.4) is 0 Å². The molecule has 0 aliphatic heterocycles. The molecule has 2 aromatic rings. The lowest BCUT2D eigenvalue weighted by Gasteiger charge is -2.17. The smallest absolute Gasteiger partial charge is 0.326 e. The lowest BCUT2D eigenvalue weighted by atomic mass is 9.89. The summed E-state index contributed by atoms with van der Waals surface area (Å²) in [7, 11) is 0. The van der Waals surface area contributed by atoms with Crippen molar-refractivity contribution in [2.24, 2.45) is 5.41 Å². The number of unbranched alkanes of at least 4 members (excludes halogenated alkanes) is 3. The number of nitrogens with zero attached hydrogens (tertiary/aromatic N) is 2. The van der Waals surface area contributed by atoms with E-state index < -0.39 is 0 Å². The van der Waals surface area contributed by atoms with Gasteiger partial charge in [-0.15, -0.1) is 0 Å². The maximum absolute atomic E-state index is 12.3. The largest absolute Gasteiger partial charge is 0.382 e. The number of pyridine rings is 1. The molecular weight excluding hydrogens is 314 g/mol. The summed E-state index contributed by atoms with van der Waals surface area (Å²) in [6, 6.07) is 1.93. The number of fused-ring (bicyclic) bond motifs is 1. The summed E-state index contributed by atoms with van der Waals surface area (Å²) in [5, 5.41) is 3.29. The lowest BCUT2D eigenvalue weighted by molar-refractivity contribution is 0.355. The fourth-order valence-electron chi connectivity index (χ4n) is 2.98. The molecule has 0 amide bonds. The van der Waals surface area contributed by atoms with E-state index in [1.165, 1.54) is 12.8 Å². The highest BCUT2D eigenvalue weighted by Gasteiger charge is 2.13. The third-order valence-electron chi connectivity index (χ3n) is 4.44. The van der Waals surface area contributed by atoms with E-state index in [0.29, 0.717) is 23.3 Å². The molecule has 0 aliphatic rings. The second kappa shape index (κ2) is 8.41. The Balaban J connectivity index is 2.08. The number of anilines is 2. The Kier molecular flexibility index (Phi) is 6.51. The molecule has 140 valence electrons. The first-order valence-corrected chi connectivity index (χ1v) is 9.45. The van der Waals surface area contributed by atoms with E-state index in [0.717, 1.165) is 43.6 Å². The van der Waals surface area contributed by atoms with Crippen LogP contribution in [0.5, 0.6) is 0 Å². The van der Waals surface area contributed by atoms with Crippen LogP contribution in [0, 0.1) is 5.41 Å². The fraction of sp³-hybridized carbons (Fsp3) is 0.684. The van der Waals surface area contributed by atoms with Crippen LogP contribution in [0.2, 0.25) is 0 Å². The number of H-pyrrole nitrogens is 1. The van der Waals surface area contributed by atoms with Crippen LogP contribution < -0.4 is 16.7 Å². The summed E-state index contributed by atoms with van der Waals surface area (Å²) < 4.78 is 1.79. The average molecular weight is 348 g/mol. The number of rotatable bonds is 9. The van der Waals surface area contributed by atoms with Gasteiger partial charge in [0.1, 0.15) is 11.3 Å². The van der Waals surface area contributed by atoms with Gasteiger partial charge in [-0.1, -0.05) is 47.0 Å². The van der Waals surface area contributed by atoms with Gasteiger partial charge in [0.2, 0.25) is 0 Å². The van der Waals surface area contributed by atoms with Crippen molar-refractivity contribution < 1.29 is 0 Å². The monoisotopic (exact) mass is 347 g/mol. The number of nitrogens with one attached hydrogen (secondary N) is 2. The first-order chi connectivity index (χ1) is 11.8. The Hall–Kier alpha value is -1.98. The number of nitrogens with two attached hydrogens (primary N) is 1. The van der Waals surface area contributed by atoms with E-state index >= 15 is 0 Å². The van der Waals surface area contributed by atoms with E-state index in [1.54, 1.807) is 4.57 Å². The van der Waals surface area contributed by atoms with Crippen molar-refractivity contribution in [2.45, 2.75) is 72.8 Å². The number of nitrogen functional groups attached to an aromatic ring is 1. The minimum atomic E-state index is -0.106. The van der Waals surface area contributed by atoms with Gasteiger partial charge in [-0.25, -0.2) is 9.78 Å². The molecule has 0 radical (unpaired) electrons. The standard InChI is InChI=1S/C19H33N5O/c1-5-6-11-21-15-13-14-16(17(20)22-15)23-18(25)24(14)12-9-7-8-10-19(2,3)4/h13H,5-12H2,1-4H3,(H,23,25)(H3,20,21,22). The van der Waals surface area contributed by atoms with Crippen LogP contribution in [0.4, 0.5) is 11.6 Å². The van der Waals surface area contributed by atoms with Gasteiger partial charge >= 0.3 is 5.69 Å². The Morgan fingerprint density at radius 2 is 2.00 bits per heavy atom. The molecule has 2 heterocycles. The zero-order valence-corrected chi connectivity index (χ0v) is 16.1. The molecule has 6 heteroatoms. The maximum atomic E-state index is 12.3. The van der Waals surface area contributed by atoms with Gasteiger partial charge in [0.25, 0.3) is 0 Å². The van der Waals surface area contributed by atoms with Crippen LogP contribution in [0.1, 0.15) is 66.2 Å². The predicted molar refractivity (Wildman–Crippen MR) is 106 cm³/mol. The van der Waals surface area contributed by atoms with Crippen LogP contribution >= 0.6 is 0 Å². The second-order valence-corrected chi connectivity index (χ2v) is 8.02. The molecule has 0 saturated heterocycles. The second-order valence-electron chi connectivity index (χ2n) is 8.02. The molecule has 6 nitrogen and oxygen atoms in total. The molecule has 2 aromatic heterocycles. The molecule has 0 saturated carbocycles. The Labute approximate surface area is 150 Å². The summed E-state index contributed by atoms with van der Waals surface area (Å²) >= 11 is 0. The first kappa shape index (κ1) is 19.3. The number of hydrogen-bond acceptors (Lipinski definition) is 4. The molecule has 0 bridgehead atoms. The summed E-state index contributed by atoms with van der Waals surface area (Å²) in [6.45, 7) is 10.5. The van der Waals surface area contributed by atoms with E-state index in [-0.39, 0.29) is 5.69 Å². The lowest BCUT2D eigenvalue weighted by Crippen LogP contribution is -2.16. The van der Waals surface area contributed by atoms with Gasteiger partial charge in [-0.05, 0) is 24.7 Å². The molecule has 4 N–H and O–H groups in total. The van der Waals surface area contributed by atoms with Crippen molar-refractivity contribution in [3.05, 3.63) is 16.6 Å².